The molecule has 1 aliphatic carbocycles. The van der Waals surface area contributed by atoms with Crippen LogP contribution in [0, 0.1) is 0 Å². The predicted octanol–water partition coefficient (Wildman–Crippen LogP) is 1.53. The van der Waals surface area contributed by atoms with Gasteiger partial charge in [0.25, 0.3) is 0 Å². The summed E-state index contributed by atoms with van der Waals surface area (Å²) in [5.41, 5.74) is 5.85. The molecule has 0 aromatic heterocycles. The van der Waals surface area contributed by atoms with Crippen LogP contribution in [0.25, 0.3) is 0 Å². The van der Waals surface area contributed by atoms with Gasteiger partial charge in [-0.2, -0.15) is 0 Å². The number of carbonyl (C=O) groups is 1. The fraction of sp³-hybridized carbons (Fsp3) is 0.857. The van der Waals surface area contributed by atoms with Crippen molar-refractivity contribution in [1.82, 2.24) is 10.6 Å². The van der Waals surface area contributed by atoms with E-state index in [1.807, 2.05) is 6.92 Å². The van der Waals surface area contributed by atoms with Gasteiger partial charge in [-0.15, -0.1) is 0 Å². The highest BCUT2D eigenvalue weighted by atomic mass is 16.1. The molecule has 0 aromatic rings. The van der Waals surface area contributed by atoms with E-state index in [2.05, 4.69) is 15.6 Å². The van der Waals surface area contributed by atoms with Crippen LogP contribution < -0.4 is 16.4 Å². The highest BCUT2D eigenvalue weighted by Crippen LogP contribution is 2.16. The Morgan fingerprint density at radius 1 is 1.26 bits per heavy atom. The summed E-state index contributed by atoms with van der Waals surface area (Å²) in [6.07, 6.45) is 8.90. The first-order chi connectivity index (χ1) is 9.22. The van der Waals surface area contributed by atoms with Gasteiger partial charge in [-0.05, 0) is 19.3 Å². The molecule has 4 N–H and O–H groups in total. The topological polar surface area (TPSA) is 79.5 Å². The summed E-state index contributed by atoms with van der Waals surface area (Å²) in [5, 5.41) is 6.10. The fourth-order valence-electron chi connectivity index (χ4n) is 2.31. The Kier molecular flexibility index (Phi) is 8.02. The minimum absolute atomic E-state index is 0.0490. The van der Waals surface area contributed by atoms with E-state index in [0.717, 1.165) is 13.0 Å². The molecule has 110 valence electrons. The van der Waals surface area contributed by atoms with Crippen LogP contribution in [0.1, 0.15) is 58.3 Å². The Hall–Kier alpha value is -1.26. The molecule has 0 saturated heterocycles. The molecular weight excluding hydrogens is 240 g/mol. The quantitative estimate of drug-likeness (QED) is 0.388. The molecule has 1 amide bonds. The summed E-state index contributed by atoms with van der Waals surface area (Å²) in [6, 6.07) is 0.458. The second kappa shape index (κ2) is 9.64. The standard InChI is InChI=1S/C14H28N4O/c1-2-10-16-13(19)9-11-17-14(15)18-12-7-5-3-4-6-8-12/h12H,2-11H2,1H3,(H,16,19)(H3,15,17,18). The van der Waals surface area contributed by atoms with Crippen molar-refractivity contribution in [3.05, 3.63) is 0 Å². The normalized spacial score (nSPS) is 17.8. The van der Waals surface area contributed by atoms with Gasteiger partial charge in [-0.1, -0.05) is 32.6 Å². The first-order valence-electron chi connectivity index (χ1n) is 7.55. The van der Waals surface area contributed by atoms with E-state index in [0.29, 0.717) is 25.0 Å². The van der Waals surface area contributed by atoms with E-state index in [9.17, 15) is 4.79 Å². The fourth-order valence-corrected chi connectivity index (χ4v) is 2.31. The highest BCUT2D eigenvalue weighted by molar-refractivity contribution is 5.79. The van der Waals surface area contributed by atoms with Crippen LogP contribution in [0.5, 0.6) is 0 Å². The summed E-state index contributed by atoms with van der Waals surface area (Å²) in [4.78, 5) is 15.6. The molecule has 5 heteroatoms. The van der Waals surface area contributed by atoms with Crippen LogP contribution in [0.3, 0.4) is 0 Å². The molecule has 0 radical (unpaired) electrons. The van der Waals surface area contributed by atoms with Gasteiger partial charge in [-0.25, -0.2) is 0 Å². The van der Waals surface area contributed by atoms with Gasteiger partial charge < -0.3 is 16.4 Å². The van der Waals surface area contributed by atoms with Gasteiger partial charge >= 0.3 is 0 Å². The maximum Gasteiger partial charge on any atom is 0.221 e. The molecule has 0 heterocycles. The Morgan fingerprint density at radius 3 is 2.58 bits per heavy atom. The largest absolute Gasteiger partial charge is 0.370 e. The number of nitrogens with one attached hydrogen (secondary N) is 2. The summed E-state index contributed by atoms with van der Waals surface area (Å²) in [7, 11) is 0. The first kappa shape index (κ1) is 15.8. The third-order valence-electron chi connectivity index (χ3n) is 3.40. The molecular formula is C14H28N4O. The van der Waals surface area contributed by atoms with Crippen LogP contribution in [-0.2, 0) is 4.79 Å². The summed E-state index contributed by atoms with van der Waals surface area (Å²) in [6.45, 7) is 3.23. The van der Waals surface area contributed by atoms with Gasteiger partial charge in [0.05, 0.1) is 6.54 Å². The molecule has 1 aliphatic rings. The minimum atomic E-state index is 0.0490. The van der Waals surface area contributed by atoms with Crippen LogP contribution in [0.2, 0.25) is 0 Å². The molecule has 1 saturated carbocycles. The van der Waals surface area contributed by atoms with Crippen LogP contribution in [-0.4, -0.2) is 31.0 Å². The average Bonchev–Trinajstić information content (AvgIpc) is 2.65. The van der Waals surface area contributed by atoms with Gasteiger partial charge in [0.15, 0.2) is 5.96 Å². The van der Waals surface area contributed by atoms with Crippen LogP contribution in [0.15, 0.2) is 4.99 Å². The van der Waals surface area contributed by atoms with E-state index < -0.39 is 0 Å². The number of hydrogen-bond donors (Lipinski definition) is 3. The lowest BCUT2D eigenvalue weighted by Gasteiger charge is -2.16. The Bertz CT molecular complexity index is 283. The molecule has 0 aliphatic heterocycles. The maximum atomic E-state index is 11.4. The molecule has 0 unspecified atom stereocenters. The predicted molar refractivity (Wildman–Crippen MR) is 79.0 cm³/mol. The van der Waals surface area contributed by atoms with Crippen LogP contribution in [0.4, 0.5) is 0 Å². The number of aliphatic imine (C=N–C) groups is 1. The lowest BCUT2D eigenvalue weighted by Crippen LogP contribution is -2.40. The monoisotopic (exact) mass is 268 g/mol. The summed E-state index contributed by atoms with van der Waals surface area (Å²) < 4.78 is 0. The molecule has 1 fully saturated rings. The van der Waals surface area contributed by atoms with E-state index >= 15 is 0 Å². The zero-order chi connectivity index (χ0) is 13.9. The SMILES string of the molecule is CCCNC(=O)CCN=C(N)NC1CCCCCC1. The van der Waals surface area contributed by atoms with Crippen molar-refractivity contribution in [3.63, 3.8) is 0 Å². The number of hydrogen-bond acceptors (Lipinski definition) is 2. The zero-order valence-corrected chi connectivity index (χ0v) is 12.1. The van der Waals surface area contributed by atoms with Gasteiger partial charge in [0.1, 0.15) is 0 Å². The highest BCUT2D eigenvalue weighted by Gasteiger charge is 2.12. The lowest BCUT2D eigenvalue weighted by atomic mass is 10.1. The Morgan fingerprint density at radius 2 is 1.95 bits per heavy atom. The molecule has 0 aromatic carbocycles. The van der Waals surface area contributed by atoms with Crippen molar-refractivity contribution in [1.29, 1.82) is 0 Å². The molecule has 0 atom stereocenters. The van der Waals surface area contributed by atoms with Crippen molar-refractivity contribution < 1.29 is 4.79 Å². The number of amides is 1. The number of nitrogens with two attached hydrogens (primary N) is 1. The molecule has 1 rings (SSSR count). The molecule has 0 bridgehead atoms. The van der Waals surface area contributed by atoms with Crippen LogP contribution >= 0.6 is 0 Å². The molecule has 5 nitrogen and oxygen atoms in total. The average molecular weight is 268 g/mol. The van der Waals surface area contributed by atoms with Crippen molar-refractivity contribution >= 4 is 11.9 Å². The maximum absolute atomic E-state index is 11.4. The van der Waals surface area contributed by atoms with E-state index in [4.69, 9.17) is 5.73 Å². The number of nitrogens with zero attached hydrogens (tertiary/aromatic N) is 1. The van der Waals surface area contributed by atoms with E-state index in [-0.39, 0.29) is 5.91 Å². The van der Waals surface area contributed by atoms with Crippen molar-refractivity contribution in [2.24, 2.45) is 10.7 Å². The van der Waals surface area contributed by atoms with Gasteiger partial charge in [0, 0.05) is 19.0 Å². The third-order valence-corrected chi connectivity index (χ3v) is 3.40. The van der Waals surface area contributed by atoms with Gasteiger partial charge in [0.2, 0.25) is 5.91 Å². The Balaban J connectivity index is 2.18. The molecule has 0 spiro atoms. The first-order valence-corrected chi connectivity index (χ1v) is 7.55. The van der Waals surface area contributed by atoms with E-state index in [1.165, 1.54) is 38.5 Å². The van der Waals surface area contributed by atoms with Crippen molar-refractivity contribution in [2.45, 2.75) is 64.3 Å². The second-order valence-corrected chi connectivity index (χ2v) is 5.20. The van der Waals surface area contributed by atoms with Gasteiger partial charge in [-0.3, -0.25) is 9.79 Å². The summed E-state index contributed by atoms with van der Waals surface area (Å²) in [5.74, 6) is 0.531. The smallest absolute Gasteiger partial charge is 0.221 e. The Labute approximate surface area is 116 Å². The van der Waals surface area contributed by atoms with Crippen molar-refractivity contribution in [2.75, 3.05) is 13.1 Å². The molecule has 19 heavy (non-hydrogen) atoms. The number of guanidine groups is 1. The third kappa shape index (κ3) is 7.70. The second-order valence-electron chi connectivity index (χ2n) is 5.20. The summed E-state index contributed by atoms with van der Waals surface area (Å²) >= 11 is 0. The minimum Gasteiger partial charge on any atom is -0.370 e. The number of rotatable bonds is 6. The van der Waals surface area contributed by atoms with Crippen molar-refractivity contribution in [3.8, 4) is 0 Å². The number of carbonyl (C=O) groups excluding carboxylic acids is 1. The van der Waals surface area contributed by atoms with E-state index in [1.54, 1.807) is 0 Å². The lowest BCUT2D eigenvalue weighted by molar-refractivity contribution is -0.120. The zero-order valence-electron chi connectivity index (χ0n) is 12.1.